The van der Waals surface area contributed by atoms with Gasteiger partial charge < -0.3 is 14.4 Å². The van der Waals surface area contributed by atoms with Crippen LogP contribution in [-0.2, 0) is 6.54 Å². The highest BCUT2D eigenvalue weighted by Crippen LogP contribution is 2.31. The number of aryl methyl sites for hydroxylation is 1. The van der Waals surface area contributed by atoms with E-state index >= 15 is 0 Å². The molecule has 8 nitrogen and oxygen atoms in total. The first-order valence-corrected chi connectivity index (χ1v) is 7.39. The predicted octanol–water partition coefficient (Wildman–Crippen LogP) is 2.82. The summed E-state index contributed by atoms with van der Waals surface area (Å²) in [7, 11) is 4.94. The van der Waals surface area contributed by atoms with Crippen LogP contribution in [0.1, 0.15) is 16.8 Å². The summed E-state index contributed by atoms with van der Waals surface area (Å²) in [6.45, 7) is 2.44. The molecule has 130 valence electrons. The second-order valence-electron chi connectivity index (χ2n) is 5.40. The Morgan fingerprint density at radius 2 is 1.92 bits per heavy atom. The minimum absolute atomic E-state index is 0.210. The smallest absolute Gasteiger partial charge is 0.305 e. The first kappa shape index (κ1) is 18.0. The molecule has 0 saturated heterocycles. The van der Waals surface area contributed by atoms with E-state index in [2.05, 4.69) is 4.98 Å². The van der Waals surface area contributed by atoms with Crippen LogP contribution < -0.4 is 14.4 Å². The van der Waals surface area contributed by atoms with Crippen LogP contribution in [0.15, 0.2) is 24.3 Å². The zero-order valence-electron chi connectivity index (χ0n) is 14.4. The normalized spacial score (nSPS) is 10.0. The molecule has 1 aromatic carbocycles. The molecule has 0 amide bonds. The van der Waals surface area contributed by atoms with Gasteiger partial charge in [-0.2, -0.15) is 5.26 Å². The summed E-state index contributed by atoms with van der Waals surface area (Å²) in [5, 5.41) is 20.0. The Hall–Kier alpha value is -3.34. The average molecular weight is 342 g/mol. The number of nitrogens with zero attached hydrogens (tertiary/aromatic N) is 4. The van der Waals surface area contributed by atoms with Crippen molar-refractivity contribution in [1.82, 2.24) is 4.98 Å². The molecule has 0 radical (unpaired) electrons. The molecule has 2 rings (SSSR count). The molecule has 1 aromatic heterocycles. The minimum Gasteiger partial charge on any atom is -0.493 e. The lowest BCUT2D eigenvalue weighted by Gasteiger charge is -2.20. The molecule has 0 N–H and O–H groups in total. The van der Waals surface area contributed by atoms with Crippen LogP contribution in [0, 0.1) is 28.4 Å². The van der Waals surface area contributed by atoms with E-state index in [-0.39, 0.29) is 11.4 Å². The molecule has 8 heteroatoms. The fourth-order valence-corrected chi connectivity index (χ4v) is 2.41. The Balaban J connectivity index is 2.33. The van der Waals surface area contributed by atoms with Crippen molar-refractivity contribution in [1.29, 1.82) is 5.26 Å². The van der Waals surface area contributed by atoms with E-state index in [1.165, 1.54) is 12.1 Å². The van der Waals surface area contributed by atoms with Gasteiger partial charge in [-0.25, -0.2) is 4.98 Å². The highest BCUT2D eigenvalue weighted by molar-refractivity contribution is 5.53. The minimum atomic E-state index is -0.617. The van der Waals surface area contributed by atoms with Gasteiger partial charge in [-0.05, 0) is 36.2 Å². The molecule has 0 aliphatic heterocycles. The molecule has 25 heavy (non-hydrogen) atoms. The van der Waals surface area contributed by atoms with Gasteiger partial charge in [0.1, 0.15) is 11.9 Å². The van der Waals surface area contributed by atoms with Gasteiger partial charge in [-0.15, -0.1) is 0 Å². The molecule has 0 unspecified atom stereocenters. The van der Waals surface area contributed by atoms with Crippen LogP contribution >= 0.6 is 0 Å². The van der Waals surface area contributed by atoms with Crippen LogP contribution in [0.3, 0.4) is 0 Å². The number of anilines is 1. The Labute approximate surface area is 145 Å². The molecule has 0 aliphatic rings. The third-order valence-electron chi connectivity index (χ3n) is 3.80. The van der Waals surface area contributed by atoms with Crippen LogP contribution in [0.2, 0.25) is 0 Å². The largest absolute Gasteiger partial charge is 0.493 e. The number of nitriles is 1. The van der Waals surface area contributed by atoms with Gasteiger partial charge >= 0.3 is 5.69 Å². The molecular formula is C17H18N4O4. The van der Waals surface area contributed by atoms with Crippen molar-refractivity contribution < 1.29 is 14.4 Å². The molecule has 0 fully saturated rings. The number of pyridine rings is 1. The SMILES string of the molecule is COc1cc(C)c(CN(C)c2ccc([N+](=O)[O-])c(C#N)n2)cc1OC. The third kappa shape index (κ3) is 3.77. The number of hydrogen-bond acceptors (Lipinski definition) is 7. The second kappa shape index (κ2) is 7.49. The van der Waals surface area contributed by atoms with Gasteiger partial charge in [0.05, 0.1) is 19.1 Å². The summed E-state index contributed by atoms with van der Waals surface area (Å²) in [5.74, 6) is 1.73. The standard InChI is InChI=1S/C17H18N4O4/c1-11-7-15(24-3)16(25-4)8-12(11)10-20(2)17-6-5-14(21(22)23)13(9-18)19-17/h5-8H,10H2,1-4H3. The van der Waals surface area contributed by atoms with Gasteiger partial charge in [0.2, 0.25) is 5.69 Å². The highest BCUT2D eigenvalue weighted by atomic mass is 16.6. The van der Waals surface area contributed by atoms with Crippen molar-refractivity contribution in [3.05, 3.63) is 51.2 Å². The fourth-order valence-electron chi connectivity index (χ4n) is 2.41. The topological polar surface area (TPSA) is 102 Å². The molecule has 0 aliphatic carbocycles. The maximum Gasteiger partial charge on any atom is 0.305 e. The van der Waals surface area contributed by atoms with Crippen LogP contribution in [0.5, 0.6) is 11.5 Å². The van der Waals surface area contributed by atoms with E-state index in [1.807, 2.05) is 19.1 Å². The van der Waals surface area contributed by atoms with Gasteiger partial charge in [-0.3, -0.25) is 10.1 Å². The maximum atomic E-state index is 10.9. The Morgan fingerprint density at radius 3 is 2.48 bits per heavy atom. The number of aromatic nitrogens is 1. The number of hydrogen-bond donors (Lipinski definition) is 0. The summed E-state index contributed by atoms with van der Waals surface area (Å²) in [6.07, 6.45) is 0. The van der Waals surface area contributed by atoms with E-state index in [4.69, 9.17) is 14.7 Å². The van der Waals surface area contributed by atoms with E-state index < -0.39 is 4.92 Å². The highest BCUT2D eigenvalue weighted by Gasteiger charge is 2.18. The van der Waals surface area contributed by atoms with Crippen molar-refractivity contribution in [3.8, 4) is 17.6 Å². The summed E-state index contributed by atoms with van der Waals surface area (Å²) in [5.41, 5.74) is 1.48. The van der Waals surface area contributed by atoms with Crippen LogP contribution in [-0.4, -0.2) is 31.2 Å². The van der Waals surface area contributed by atoms with Crippen LogP contribution in [0.4, 0.5) is 11.5 Å². The first-order valence-electron chi connectivity index (χ1n) is 7.39. The number of benzene rings is 1. The summed E-state index contributed by atoms with van der Waals surface area (Å²) < 4.78 is 10.6. The molecule has 0 atom stereocenters. The van der Waals surface area contributed by atoms with Crippen molar-refractivity contribution >= 4 is 11.5 Å². The molecule has 0 saturated carbocycles. The van der Waals surface area contributed by atoms with Gasteiger partial charge in [0.25, 0.3) is 0 Å². The summed E-state index contributed by atoms with van der Waals surface area (Å²) in [6, 6.07) is 8.34. The maximum absolute atomic E-state index is 10.9. The third-order valence-corrected chi connectivity index (χ3v) is 3.80. The monoisotopic (exact) mass is 342 g/mol. The first-order chi connectivity index (χ1) is 11.9. The van der Waals surface area contributed by atoms with E-state index in [9.17, 15) is 10.1 Å². The second-order valence-corrected chi connectivity index (χ2v) is 5.40. The number of nitro groups is 1. The lowest BCUT2D eigenvalue weighted by Crippen LogP contribution is -2.19. The number of methoxy groups -OCH3 is 2. The summed E-state index contributed by atoms with van der Waals surface area (Å²) >= 11 is 0. The number of rotatable bonds is 6. The quantitative estimate of drug-likeness (QED) is 0.587. The van der Waals surface area contributed by atoms with Gasteiger partial charge in [-0.1, -0.05) is 0 Å². The van der Waals surface area contributed by atoms with E-state index in [1.54, 1.807) is 32.2 Å². The lowest BCUT2D eigenvalue weighted by atomic mass is 10.1. The zero-order chi connectivity index (χ0) is 18.6. The summed E-state index contributed by atoms with van der Waals surface area (Å²) in [4.78, 5) is 16.2. The van der Waals surface area contributed by atoms with Crippen molar-refractivity contribution in [2.45, 2.75) is 13.5 Å². The fraction of sp³-hybridized carbons (Fsp3) is 0.294. The van der Waals surface area contributed by atoms with E-state index in [0.29, 0.717) is 23.9 Å². The predicted molar refractivity (Wildman–Crippen MR) is 92.0 cm³/mol. The van der Waals surface area contributed by atoms with Crippen molar-refractivity contribution in [2.75, 3.05) is 26.2 Å². The average Bonchev–Trinajstić information content (AvgIpc) is 2.62. The molecule has 0 spiro atoms. The zero-order valence-corrected chi connectivity index (χ0v) is 14.4. The Morgan fingerprint density at radius 1 is 1.28 bits per heavy atom. The van der Waals surface area contributed by atoms with E-state index in [0.717, 1.165) is 11.1 Å². The molecule has 0 bridgehead atoms. The Bertz CT molecular complexity index is 845. The number of ether oxygens (including phenoxy) is 2. The van der Waals surface area contributed by atoms with Gasteiger partial charge in [0, 0.05) is 19.7 Å². The van der Waals surface area contributed by atoms with Gasteiger partial charge in [0.15, 0.2) is 11.5 Å². The molecule has 1 heterocycles. The van der Waals surface area contributed by atoms with Crippen molar-refractivity contribution in [2.24, 2.45) is 0 Å². The molecule has 2 aromatic rings. The Kier molecular flexibility index (Phi) is 5.39. The van der Waals surface area contributed by atoms with Crippen molar-refractivity contribution in [3.63, 3.8) is 0 Å². The van der Waals surface area contributed by atoms with Crippen LogP contribution in [0.25, 0.3) is 0 Å². The lowest BCUT2D eigenvalue weighted by molar-refractivity contribution is -0.385. The molecular weight excluding hydrogens is 324 g/mol.